The summed E-state index contributed by atoms with van der Waals surface area (Å²) in [5.74, 6) is 2.49. The van der Waals surface area contributed by atoms with Crippen molar-refractivity contribution in [2.24, 2.45) is 16.8 Å². The van der Waals surface area contributed by atoms with Crippen LogP contribution in [-0.2, 0) is 4.74 Å². The topological polar surface area (TPSA) is 40.1 Å². The first-order valence-corrected chi connectivity index (χ1v) is 9.85. The van der Waals surface area contributed by atoms with Crippen molar-refractivity contribution in [3.05, 3.63) is 0 Å². The quantitative estimate of drug-likeness (QED) is 0.572. The number of likely N-dealkylation sites (N-methyl/N-ethyl adjacent to an activating group) is 1. The van der Waals surface area contributed by atoms with Crippen LogP contribution in [0.3, 0.4) is 0 Å². The lowest BCUT2D eigenvalue weighted by molar-refractivity contribution is 0.175. The maximum Gasteiger partial charge on any atom is 0.193 e. The molecule has 2 fully saturated rings. The summed E-state index contributed by atoms with van der Waals surface area (Å²) >= 11 is 0. The molecule has 0 radical (unpaired) electrons. The number of ether oxygens (including phenoxy) is 1. The number of hydrogen-bond donors (Lipinski definition) is 1. The van der Waals surface area contributed by atoms with Crippen LogP contribution in [0.5, 0.6) is 0 Å². The number of rotatable bonds is 7. The summed E-state index contributed by atoms with van der Waals surface area (Å²) in [5.41, 5.74) is 0. The largest absolute Gasteiger partial charge is 0.381 e. The molecule has 24 heavy (non-hydrogen) atoms. The Kier molecular flexibility index (Phi) is 8.33. The fraction of sp³-hybridized carbons (Fsp3) is 0.947. The van der Waals surface area contributed by atoms with Crippen molar-refractivity contribution in [3.63, 3.8) is 0 Å². The Bertz CT molecular complexity index is 374. The van der Waals surface area contributed by atoms with Gasteiger partial charge < -0.3 is 19.9 Å². The second kappa shape index (κ2) is 10.2. The summed E-state index contributed by atoms with van der Waals surface area (Å²) in [5, 5.41) is 3.47. The minimum Gasteiger partial charge on any atom is -0.381 e. The number of nitrogens with one attached hydrogen (secondary N) is 1. The molecule has 1 aliphatic heterocycles. The monoisotopic (exact) mass is 338 g/mol. The molecule has 0 spiro atoms. The highest BCUT2D eigenvalue weighted by Gasteiger charge is 2.25. The Morgan fingerprint density at radius 2 is 1.92 bits per heavy atom. The molecule has 5 nitrogen and oxygen atoms in total. The first-order chi connectivity index (χ1) is 11.6. The average Bonchev–Trinajstić information content (AvgIpc) is 3.07. The molecule has 5 heteroatoms. The van der Waals surface area contributed by atoms with E-state index < -0.39 is 0 Å². The van der Waals surface area contributed by atoms with Crippen LogP contribution < -0.4 is 5.32 Å². The highest BCUT2D eigenvalue weighted by atomic mass is 16.5. The van der Waals surface area contributed by atoms with E-state index in [0.717, 1.165) is 44.7 Å². The van der Waals surface area contributed by atoms with Crippen molar-refractivity contribution in [3.8, 4) is 0 Å². The molecule has 140 valence electrons. The molecule has 1 aliphatic carbocycles. The van der Waals surface area contributed by atoms with E-state index in [-0.39, 0.29) is 0 Å². The molecule has 0 aromatic rings. The maximum atomic E-state index is 5.51. The summed E-state index contributed by atoms with van der Waals surface area (Å²) in [4.78, 5) is 9.67. The average molecular weight is 339 g/mol. The molecule has 2 unspecified atom stereocenters. The molecule has 0 aromatic carbocycles. The summed E-state index contributed by atoms with van der Waals surface area (Å²) in [7, 11) is 6.58. The highest BCUT2D eigenvalue weighted by molar-refractivity contribution is 5.79. The smallest absolute Gasteiger partial charge is 0.193 e. The van der Waals surface area contributed by atoms with Crippen LogP contribution in [-0.4, -0.2) is 75.8 Å². The summed E-state index contributed by atoms with van der Waals surface area (Å²) in [6.07, 6.45) is 8.09. The predicted octanol–water partition coefficient (Wildman–Crippen LogP) is 2.43. The Morgan fingerprint density at radius 3 is 2.50 bits per heavy atom. The summed E-state index contributed by atoms with van der Waals surface area (Å²) < 4.78 is 5.51. The minimum absolute atomic E-state index is 0.558. The molecule has 1 saturated carbocycles. The van der Waals surface area contributed by atoms with Gasteiger partial charge in [0.2, 0.25) is 0 Å². The maximum absolute atomic E-state index is 5.51. The Hall–Kier alpha value is -0.810. The third-order valence-electron chi connectivity index (χ3n) is 5.54. The van der Waals surface area contributed by atoms with Crippen molar-refractivity contribution >= 4 is 5.96 Å². The van der Waals surface area contributed by atoms with Gasteiger partial charge in [0.1, 0.15) is 0 Å². The highest BCUT2D eigenvalue weighted by Crippen LogP contribution is 2.28. The van der Waals surface area contributed by atoms with Gasteiger partial charge in [0.15, 0.2) is 5.96 Å². The van der Waals surface area contributed by atoms with Crippen LogP contribution in [0, 0.1) is 11.8 Å². The molecule has 2 aliphatic rings. The van der Waals surface area contributed by atoms with Gasteiger partial charge in [-0.1, -0.05) is 19.3 Å². The molecule has 0 amide bonds. The Morgan fingerprint density at radius 1 is 1.17 bits per heavy atom. The predicted molar refractivity (Wildman–Crippen MR) is 102 cm³/mol. The van der Waals surface area contributed by atoms with Crippen molar-refractivity contribution in [2.75, 3.05) is 54.0 Å². The molecule has 1 N–H and O–H groups in total. The fourth-order valence-electron chi connectivity index (χ4n) is 4.10. The van der Waals surface area contributed by atoms with Gasteiger partial charge in [-0.2, -0.15) is 0 Å². The van der Waals surface area contributed by atoms with E-state index in [9.17, 15) is 0 Å². The van der Waals surface area contributed by atoms with Gasteiger partial charge in [0.05, 0.1) is 13.2 Å². The van der Waals surface area contributed by atoms with Gasteiger partial charge in [-0.15, -0.1) is 0 Å². The van der Waals surface area contributed by atoms with Gasteiger partial charge in [-0.3, -0.25) is 4.99 Å². The number of aliphatic imine (C=N–C) groups is 1. The van der Waals surface area contributed by atoms with Crippen molar-refractivity contribution in [2.45, 2.75) is 51.5 Å². The molecule has 1 saturated heterocycles. The third-order valence-corrected chi connectivity index (χ3v) is 5.54. The summed E-state index contributed by atoms with van der Waals surface area (Å²) in [6, 6.07) is 0.558. The van der Waals surface area contributed by atoms with Gasteiger partial charge in [0, 0.05) is 38.7 Å². The first-order valence-electron chi connectivity index (χ1n) is 9.85. The van der Waals surface area contributed by atoms with E-state index in [2.05, 4.69) is 43.2 Å². The molecule has 2 rings (SSSR count). The summed E-state index contributed by atoms with van der Waals surface area (Å²) in [6.45, 7) is 6.79. The van der Waals surface area contributed by atoms with Gasteiger partial charge >= 0.3 is 0 Å². The molecule has 1 heterocycles. The van der Waals surface area contributed by atoms with E-state index in [4.69, 9.17) is 9.73 Å². The van der Waals surface area contributed by atoms with E-state index in [1.807, 2.05) is 0 Å². The zero-order valence-corrected chi connectivity index (χ0v) is 16.3. The Balaban J connectivity index is 1.95. The molecular formula is C19H38N4O. The number of nitrogens with zero attached hydrogens (tertiary/aromatic N) is 3. The SMILES string of the molecule is CCNC(=NCC(C1CCCCC1)N(C)C)N(C)CC1CCOC1. The molecule has 2 atom stereocenters. The van der Waals surface area contributed by atoms with Crippen molar-refractivity contribution in [1.82, 2.24) is 15.1 Å². The van der Waals surface area contributed by atoms with Crippen LogP contribution >= 0.6 is 0 Å². The van der Waals surface area contributed by atoms with Crippen LogP contribution in [0.4, 0.5) is 0 Å². The molecule has 0 aromatic heterocycles. The van der Waals surface area contributed by atoms with Crippen molar-refractivity contribution < 1.29 is 4.74 Å². The van der Waals surface area contributed by atoms with E-state index in [1.165, 1.54) is 38.5 Å². The fourth-order valence-corrected chi connectivity index (χ4v) is 4.10. The standard InChI is InChI=1S/C19H38N4O/c1-5-20-19(23(4)14-16-11-12-24-15-16)21-13-18(22(2)3)17-9-7-6-8-10-17/h16-18H,5-15H2,1-4H3,(H,20,21). The molecular weight excluding hydrogens is 300 g/mol. The minimum atomic E-state index is 0.558. The van der Waals surface area contributed by atoms with Gasteiger partial charge in [0.25, 0.3) is 0 Å². The second-order valence-corrected chi connectivity index (χ2v) is 7.73. The van der Waals surface area contributed by atoms with E-state index in [0.29, 0.717) is 12.0 Å². The van der Waals surface area contributed by atoms with E-state index >= 15 is 0 Å². The normalized spacial score (nSPS) is 24.4. The van der Waals surface area contributed by atoms with Gasteiger partial charge in [-0.25, -0.2) is 0 Å². The number of hydrogen-bond acceptors (Lipinski definition) is 3. The second-order valence-electron chi connectivity index (χ2n) is 7.73. The van der Waals surface area contributed by atoms with Crippen LogP contribution in [0.1, 0.15) is 45.4 Å². The third kappa shape index (κ3) is 5.92. The van der Waals surface area contributed by atoms with Gasteiger partial charge in [-0.05, 0) is 46.2 Å². The lowest BCUT2D eigenvalue weighted by Gasteiger charge is -2.34. The van der Waals surface area contributed by atoms with Crippen LogP contribution in [0.2, 0.25) is 0 Å². The number of guanidine groups is 1. The lowest BCUT2D eigenvalue weighted by Crippen LogP contribution is -2.44. The van der Waals surface area contributed by atoms with Crippen LogP contribution in [0.15, 0.2) is 4.99 Å². The zero-order chi connectivity index (χ0) is 17.4. The Labute approximate surface area is 148 Å². The van der Waals surface area contributed by atoms with Crippen molar-refractivity contribution in [1.29, 1.82) is 0 Å². The molecule has 0 bridgehead atoms. The lowest BCUT2D eigenvalue weighted by atomic mass is 9.83. The zero-order valence-electron chi connectivity index (χ0n) is 16.3. The first kappa shape index (κ1) is 19.5. The van der Waals surface area contributed by atoms with E-state index in [1.54, 1.807) is 0 Å². The van der Waals surface area contributed by atoms with Crippen LogP contribution in [0.25, 0.3) is 0 Å².